The van der Waals surface area contributed by atoms with Crippen LogP contribution in [0.5, 0.6) is 0 Å². The molecule has 0 saturated heterocycles. The lowest BCUT2D eigenvalue weighted by molar-refractivity contribution is -0.133. The van der Waals surface area contributed by atoms with Crippen LogP contribution in [-0.2, 0) is 35.8 Å². The molecule has 2 heterocycles. The number of nitrogens with one attached hydrogen (secondary N) is 1. The zero-order chi connectivity index (χ0) is 25.8. The van der Waals surface area contributed by atoms with Gasteiger partial charge in [-0.15, -0.1) is 10.2 Å². The summed E-state index contributed by atoms with van der Waals surface area (Å²) in [5.74, 6) is -4.02. The van der Waals surface area contributed by atoms with Gasteiger partial charge in [0.1, 0.15) is 18.5 Å². The van der Waals surface area contributed by atoms with Gasteiger partial charge >= 0.3 is 0 Å². The molecule has 4 rings (SSSR count). The fraction of sp³-hybridized carbons (Fsp3) is 0.333. The number of halogens is 4. The first kappa shape index (κ1) is 25.3. The van der Waals surface area contributed by atoms with Crippen LogP contribution in [0, 0.1) is 17.5 Å². The second kappa shape index (κ2) is 10.9. The van der Waals surface area contributed by atoms with Gasteiger partial charge in [-0.2, -0.15) is 0 Å². The highest BCUT2D eigenvalue weighted by atomic mass is 19.2. The summed E-state index contributed by atoms with van der Waals surface area (Å²) in [6.45, 7) is -0.116. The van der Waals surface area contributed by atoms with Crippen molar-refractivity contribution in [2.75, 3.05) is 6.54 Å². The first-order chi connectivity index (χ1) is 17.3. The largest absolute Gasteiger partial charge is 0.368 e. The Morgan fingerprint density at radius 2 is 1.75 bits per heavy atom. The number of fused-ring (bicyclic) bond motifs is 1. The van der Waals surface area contributed by atoms with E-state index >= 15 is 0 Å². The van der Waals surface area contributed by atoms with Crippen molar-refractivity contribution in [1.82, 2.24) is 25.0 Å². The first-order valence-corrected chi connectivity index (χ1v) is 11.2. The third kappa shape index (κ3) is 5.54. The lowest BCUT2D eigenvalue weighted by Gasteiger charge is -2.30. The van der Waals surface area contributed by atoms with Crippen molar-refractivity contribution in [3.8, 4) is 0 Å². The Morgan fingerprint density at radius 1 is 1.03 bits per heavy atom. The minimum Gasteiger partial charge on any atom is -0.368 e. The Labute approximate surface area is 204 Å². The molecule has 0 bridgehead atoms. The lowest BCUT2D eigenvalue weighted by atomic mass is 9.98. The number of hydrogen-bond acceptors (Lipinski definition) is 5. The first-order valence-electron chi connectivity index (χ1n) is 11.2. The van der Waals surface area contributed by atoms with Gasteiger partial charge in [0.2, 0.25) is 11.8 Å². The van der Waals surface area contributed by atoms with Crippen LogP contribution in [-0.4, -0.2) is 44.1 Å². The van der Waals surface area contributed by atoms with Crippen LogP contribution in [0.3, 0.4) is 0 Å². The van der Waals surface area contributed by atoms with Gasteiger partial charge in [0.05, 0.1) is 6.54 Å². The van der Waals surface area contributed by atoms with Gasteiger partial charge in [-0.1, -0.05) is 30.3 Å². The Bertz CT molecular complexity index is 1250. The van der Waals surface area contributed by atoms with Gasteiger partial charge < -0.3 is 15.2 Å². The second-order valence-corrected chi connectivity index (χ2v) is 8.51. The number of nitrogens with zero attached hydrogens (tertiary/aromatic N) is 4. The summed E-state index contributed by atoms with van der Waals surface area (Å²) in [6.07, 6.45) is -0.430. The van der Waals surface area contributed by atoms with E-state index in [9.17, 15) is 27.2 Å². The minimum absolute atomic E-state index is 0.0933. The van der Waals surface area contributed by atoms with Crippen molar-refractivity contribution in [2.45, 2.75) is 44.7 Å². The van der Waals surface area contributed by atoms with Crippen LogP contribution in [0.25, 0.3) is 0 Å². The highest BCUT2D eigenvalue weighted by Crippen LogP contribution is 2.21. The normalized spacial score (nSPS) is 14.8. The van der Waals surface area contributed by atoms with Crippen molar-refractivity contribution < 1.29 is 27.2 Å². The summed E-state index contributed by atoms with van der Waals surface area (Å²) >= 11 is 0. The van der Waals surface area contributed by atoms with Crippen LogP contribution in [0.1, 0.15) is 35.2 Å². The molecular formula is C24H24F4N6O2. The molecule has 0 fully saturated rings. The molecule has 190 valence electrons. The van der Waals surface area contributed by atoms with E-state index in [1.54, 1.807) is 34.9 Å². The molecular weight excluding hydrogens is 480 g/mol. The summed E-state index contributed by atoms with van der Waals surface area (Å²) in [6, 6.07) is 7.78. The number of primary amides is 1. The topological polar surface area (TPSA) is 106 Å². The molecule has 1 aromatic heterocycles. The molecule has 0 unspecified atom stereocenters. The van der Waals surface area contributed by atoms with Crippen molar-refractivity contribution in [2.24, 2.45) is 5.73 Å². The number of nitrogens with two attached hydrogens (primary N) is 1. The molecule has 8 nitrogen and oxygen atoms in total. The predicted molar refractivity (Wildman–Crippen MR) is 120 cm³/mol. The summed E-state index contributed by atoms with van der Waals surface area (Å²) in [4.78, 5) is 26.9. The van der Waals surface area contributed by atoms with Crippen LogP contribution in [0.2, 0.25) is 0 Å². The van der Waals surface area contributed by atoms with Crippen molar-refractivity contribution >= 4 is 11.8 Å². The van der Waals surface area contributed by atoms with Gasteiger partial charge in [0.25, 0.3) is 0 Å². The second-order valence-electron chi connectivity index (χ2n) is 8.51. The summed E-state index contributed by atoms with van der Waals surface area (Å²) in [5.41, 5.74) is 5.96. The molecule has 2 atom stereocenters. The summed E-state index contributed by atoms with van der Waals surface area (Å²) < 4.78 is 56.4. The molecule has 12 heteroatoms. The van der Waals surface area contributed by atoms with E-state index in [4.69, 9.17) is 5.73 Å². The Kier molecular flexibility index (Phi) is 7.63. The van der Waals surface area contributed by atoms with Crippen molar-refractivity contribution in [3.05, 3.63) is 82.7 Å². The molecule has 2 aromatic carbocycles. The van der Waals surface area contributed by atoms with E-state index in [0.29, 0.717) is 24.0 Å². The van der Waals surface area contributed by atoms with E-state index in [1.807, 2.05) is 0 Å². The Hall–Kier alpha value is -3.80. The van der Waals surface area contributed by atoms with E-state index in [2.05, 4.69) is 15.5 Å². The molecule has 3 aromatic rings. The number of carbonyl (C=O) groups is 2. The maximum absolute atomic E-state index is 14.4. The fourth-order valence-corrected chi connectivity index (χ4v) is 4.27. The van der Waals surface area contributed by atoms with Crippen molar-refractivity contribution in [1.29, 1.82) is 0 Å². The maximum Gasteiger partial charge on any atom is 0.239 e. The minimum atomic E-state index is -1.33. The van der Waals surface area contributed by atoms with E-state index in [-0.39, 0.29) is 43.2 Å². The van der Waals surface area contributed by atoms with E-state index in [1.165, 1.54) is 4.90 Å². The van der Waals surface area contributed by atoms with Gasteiger partial charge in [-0.25, -0.2) is 17.6 Å². The maximum atomic E-state index is 14.4. The average Bonchev–Trinajstić information content (AvgIpc) is 3.28. The smallest absolute Gasteiger partial charge is 0.239 e. The zero-order valence-electron chi connectivity index (χ0n) is 19.1. The number of carbonyl (C=O) groups excluding carboxylic acids is 2. The number of hydrogen-bond donors (Lipinski definition) is 2. The number of amides is 2. The molecule has 2 amide bonds. The van der Waals surface area contributed by atoms with E-state index in [0.717, 1.165) is 6.07 Å². The Morgan fingerprint density at radius 3 is 2.44 bits per heavy atom. The molecule has 0 saturated carbocycles. The predicted octanol–water partition coefficient (Wildman–Crippen LogP) is 2.32. The quantitative estimate of drug-likeness (QED) is 0.344. The van der Waals surface area contributed by atoms with Gasteiger partial charge in [0.15, 0.2) is 23.3 Å². The van der Waals surface area contributed by atoms with Crippen LogP contribution < -0.4 is 11.1 Å². The fourth-order valence-electron chi connectivity index (χ4n) is 4.27. The number of aromatic nitrogens is 3. The molecule has 3 N–H and O–H groups in total. The molecule has 0 radical (unpaired) electrons. The standard InChI is InChI=1S/C24H24F4N6O2/c25-12-20-31-32-21-13-33(6-7-34(20)21)22(35)10-16(8-15-9-18(27)19(28)11-17(15)26)30-23(24(29)36)14-4-2-1-3-5-14/h1-5,9,11,16,23,30H,6-8,10,12-13H2,(H2,29,36)/t16-,23+/m1/s1. The van der Waals surface area contributed by atoms with Gasteiger partial charge in [0, 0.05) is 31.6 Å². The molecule has 36 heavy (non-hydrogen) atoms. The van der Waals surface area contributed by atoms with Crippen LogP contribution in [0.4, 0.5) is 17.6 Å². The molecule has 1 aliphatic rings. The molecule has 0 aliphatic carbocycles. The highest BCUT2D eigenvalue weighted by molar-refractivity contribution is 5.82. The Balaban J connectivity index is 1.57. The highest BCUT2D eigenvalue weighted by Gasteiger charge is 2.29. The van der Waals surface area contributed by atoms with Crippen LogP contribution >= 0.6 is 0 Å². The van der Waals surface area contributed by atoms with Gasteiger partial charge in [-0.3, -0.25) is 14.9 Å². The van der Waals surface area contributed by atoms with Crippen molar-refractivity contribution in [3.63, 3.8) is 0 Å². The SMILES string of the molecule is NC(=O)[C@@H](N[C@@H](CC(=O)N1CCn2c(CF)nnc2C1)Cc1cc(F)c(F)cc1F)c1ccccc1. The zero-order valence-corrected chi connectivity index (χ0v) is 19.1. The monoisotopic (exact) mass is 504 g/mol. The van der Waals surface area contributed by atoms with Crippen LogP contribution in [0.15, 0.2) is 42.5 Å². The number of rotatable bonds is 9. The van der Waals surface area contributed by atoms with Gasteiger partial charge in [-0.05, 0) is 23.6 Å². The van der Waals surface area contributed by atoms with E-state index < -0.39 is 42.1 Å². The third-order valence-corrected chi connectivity index (χ3v) is 6.10. The molecule has 0 spiro atoms. The summed E-state index contributed by atoms with van der Waals surface area (Å²) in [7, 11) is 0. The summed E-state index contributed by atoms with van der Waals surface area (Å²) in [5, 5.41) is 10.7. The lowest BCUT2D eigenvalue weighted by Crippen LogP contribution is -2.46. The average molecular weight is 504 g/mol. The molecule has 1 aliphatic heterocycles. The number of alkyl halides is 1. The number of benzene rings is 2. The third-order valence-electron chi connectivity index (χ3n) is 6.10.